The third-order valence-corrected chi connectivity index (χ3v) is 5.31. The molecule has 0 radical (unpaired) electrons. The number of benzene rings is 1. The number of anilines is 1. The van der Waals surface area contributed by atoms with E-state index in [1.54, 1.807) is 4.68 Å². The number of thioether (sulfide) groups is 1. The number of thiocarbonyl (C=S) groups is 1. The van der Waals surface area contributed by atoms with Crippen molar-refractivity contribution in [2.75, 3.05) is 24.2 Å². The van der Waals surface area contributed by atoms with Gasteiger partial charge in [0.05, 0.1) is 17.1 Å². The number of aryl methyl sites for hydroxylation is 1. The molecule has 2 heterocycles. The van der Waals surface area contributed by atoms with Crippen molar-refractivity contribution in [3.05, 3.63) is 42.1 Å². The number of nitrogens with zero attached hydrogens (tertiary/aromatic N) is 3. The van der Waals surface area contributed by atoms with E-state index >= 15 is 0 Å². The lowest BCUT2D eigenvalue weighted by Crippen LogP contribution is -2.25. The van der Waals surface area contributed by atoms with E-state index < -0.39 is 0 Å². The highest BCUT2D eigenvalue weighted by Gasteiger charge is 2.17. The van der Waals surface area contributed by atoms with Crippen molar-refractivity contribution in [1.82, 2.24) is 14.7 Å². The van der Waals surface area contributed by atoms with Crippen LogP contribution in [-0.4, -0.2) is 43.8 Å². The maximum Gasteiger partial charge on any atom is 0.235 e. The summed E-state index contributed by atoms with van der Waals surface area (Å²) in [6.07, 6.45) is 2.37. The first-order valence-corrected chi connectivity index (χ1v) is 9.36. The number of likely N-dealkylation sites (tertiary alicyclic amines) is 1. The lowest BCUT2D eigenvalue weighted by molar-refractivity contribution is -0.113. The minimum absolute atomic E-state index is 0.0707. The van der Waals surface area contributed by atoms with Crippen LogP contribution in [0.25, 0.3) is 5.69 Å². The van der Waals surface area contributed by atoms with Crippen LogP contribution < -0.4 is 5.32 Å². The molecule has 0 aliphatic carbocycles. The van der Waals surface area contributed by atoms with Gasteiger partial charge in [0.15, 0.2) is 0 Å². The van der Waals surface area contributed by atoms with Crippen LogP contribution in [0.5, 0.6) is 0 Å². The fourth-order valence-corrected chi connectivity index (χ4v) is 3.70. The second kappa shape index (κ2) is 7.81. The van der Waals surface area contributed by atoms with Crippen LogP contribution in [0.15, 0.2) is 36.4 Å². The minimum Gasteiger partial charge on any atom is -0.358 e. The Hall–Kier alpha value is -1.86. The molecule has 3 rings (SSSR count). The third kappa shape index (κ3) is 4.15. The SMILES string of the molecule is Cc1cc(NC(=O)CSC(=S)N2CCCC2)n(-c2ccccc2)n1. The molecule has 1 aromatic carbocycles. The minimum atomic E-state index is -0.0707. The van der Waals surface area contributed by atoms with Crippen LogP contribution >= 0.6 is 24.0 Å². The Morgan fingerprint density at radius 2 is 2.00 bits per heavy atom. The Kier molecular flexibility index (Phi) is 5.52. The zero-order valence-electron chi connectivity index (χ0n) is 13.6. The highest BCUT2D eigenvalue weighted by Crippen LogP contribution is 2.19. The molecule has 1 amide bonds. The van der Waals surface area contributed by atoms with Crippen molar-refractivity contribution in [2.24, 2.45) is 0 Å². The maximum absolute atomic E-state index is 12.3. The Labute approximate surface area is 151 Å². The summed E-state index contributed by atoms with van der Waals surface area (Å²) in [6.45, 7) is 3.92. The van der Waals surface area contributed by atoms with Gasteiger partial charge in [-0.25, -0.2) is 4.68 Å². The van der Waals surface area contributed by atoms with Crippen molar-refractivity contribution in [2.45, 2.75) is 19.8 Å². The molecule has 0 bridgehead atoms. The number of nitrogens with one attached hydrogen (secondary N) is 1. The van der Waals surface area contributed by atoms with Gasteiger partial charge in [0, 0.05) is 19.2 Å². The van der Waals surface area contributed by atoms with E-state index in [1.807, 2.05) is 43.3 Å². The standard InChI is InChI=1S/C17H20N4OS2/c1-13-11-15(21(19-13)14-7-3-2-4-8-14)18-16(22)12-24-17(23)20-9-5-6-10-20/h2-4,7-8,11H,5-6,9-10,12H2,1H3,(H,18,22). The average molecular weight is 361 g/mol. The van der Waals surface area contributed by atoms with Crippen LogP contribution in [0, 0.1) is 6.92 Å². The van der Waals surface area contributed by atoms with Crippen LogP contribution in [0.1, 0.15) is 18.5 Å². The number of hydrogen-bond donors (Lipinski definition) is 1. The number of carbonyl (C=O) groups excluding carboxylic acids is 1. The summed E-state index contributed by atoms with van der Waals surface area (Å²) in [6, 6.07) is 11.6. The van der Waals surface area contributed by atoms with E-state index in [-0.39, 0.29) is 5.91 Å². The number of rotatable bonds is 4. The van der Waals surface area contributed by atoms with E-state index in [0.29, 0.717) is 11.6 Å². The predicted molar refractivity (Wildman–Crippen MR) is 103 cm³/mol. The van der Waals surface area contributed by atoms with Crippen LogP contribution in [0.3, 0.4) is 0 Å². The summed E-state index contributed by atoms with van der Waals surface area (Å²) < 4.78 is 2.56. The topological polar surface area (TPSA) is 50.2 Å². The normalized spacial score (nSPS) is 14.0. The second-order valence-electron chi connectivity index (χ2n) is 5.72. The van der Waals surface area contributed by atoms with Gasteiger partial charge in [-0.05, 0) is 31.9 Å². The Bertz CT molecular complexity index is 723. The van der Waals surface area contributed by atoms with Gasteiger partial charge in [-0.3, -0.25) is 4.79 Å². The van der Waals surface area contributed by atoms with Gasteiger partial charge in [0.1, 0.15) is 10.1 Å². The van der Waals surface area contributed by atoms with Crippen molar-refractivity contribution < 1.29 is 4.79 Å². The number of aromatic nitrogens is 2. The molecule has 24 heavy (non-hydrogen) atoms. The van der Waals surface area contributed by atoms with Gasteiger partial charge in [-0.2, -0.15) is 5.10 Å². The lowest BCUT2D eigenvalue weighted by atomic mass is 10.3. The van der Waals surface area contributed by atoms with Gasteiger partial charge in [0.2, 0.25) is 5.91 Å². The van der Waals surface area contributed by atoms with Gasteiger partial charge < -0.3 is 10.2 Å². The van der Waals surface area contributed by atoms with Gasteiger partial charge in [-0.1, -0.05) is 42.2 Å². The summed E-state index contributed by atoms with van der Waals surface area (Å²) in [5.74, 6) is 0.920. The highest BCUT2D eigenvalue weighted by molar-refractivity contribution is 8.23. The fourth-order valence-electron chi connectivity index (χ4n) is 2.65. The summed E-state index contributed by atoms with van der Waals surface area (Å²) in [4.78, 5) is 14.4. The first kappa shape index (κ1) is 17.0. The van der Waals surface area contributed by atoms with Crippen molar-refractivity contribution in [1.29, 1.82) is 0 Å². The molecule has 1 saturated heterocycles. The second-order valence-corrected chi connectivity index (χ2v) is 7.32. The predicted octanol–water partition coefficient (Wildman–Crippen LogP) is 3.23. The van der Waals surface area contributed by atoms with Gasteiger partial charge in [-0.15, -0.1) is 0 Å². The molecule has 5 nitrogen and oxygen atoms in total. The van der Waals surface area contributed by atoms with Crippen LogP contribution in [0.4, 0.5) is 5.82 Å². The molecule has 126 valence electrons. The van der Waals surface area contributed by atoms with Gasteiger partial charge >= 0.3 is 0 Å². The Balaban J connectivity index is 1.61. The molecule has 7 heteroatoms. The zero-order chi connectivity index (χ0) is 16.9. The zero-order valence-corrected chi connectivity index (χ0v) is 15.2. The molecule has 1 fully saturated rings. The molecule has 1 aliphatic rings. The lowest BCUT2D eigenvalue weighted by Gasteiger charge is -2.17. The summed E-state index contributed by atoms with van der Waals surface area (Å²) in [5.41, 5.74) is 1.77. The number of carbonyl (C=O) groups is 1. The van der Waals surface area contributed by atoms with E-state index in [9.17, 15) is 4.79 Å². The largest absolute Gasteiger partial charge is 0.358 e. The molecule has 0 unspecified atom stereocenters. The molecular formula is C17H20N4OS2. The Morgan fingerprint density at radius 1 is 1.29 bits per heavy atom. The fraction of sp³-hybridized carbons (Fsp3) is 0.353. The van der Waals surface area contributed by atoms with Crippen molar-refractivity contribution >= 4 is 40.0 Å². The van der Waals surface area contributed by atoms with E-state index in [1.165, 1.54) is 24.6 Å². The summed E-state index contributed by atoms with van der Waals surface area (Å²) >= 11 is 6.82. The van der Waals surface area contributed by atoms with E-state index in [2.05, 4.69) is 15.3 Å². The quantitative estimate of drug-likeness (QED) is 0.849. The monoisotopic (exact) mass is 360 g/mol. The smallest absolute Gasteiger partial charge is 0.235 e. The maximum atomic E-state index is 12.3. The molecule has 0 spiro atoms. The molecule has 1 aromatic heterocycles. The van der Waals surface area contributed by atoms with E-state index in [4.69, 9.17) is 12.2 Å². The first-order chi connectivity index (χ1) is 11.6. The third-order valence-electron chi connectivity index (χ3n) is 3.79. The molecular weight excluding hydrogens is 340 g/mol. The Morgan fingerprint density at radius 3 is 2.71 bits per heavy atom. The molecule has 1 N–H and O–H groups in total. The molecule has 0 saturated carbocycles. The summed E-state index contributed by atoms with van der Waals surface area (Å²) in [7, 11) is 0. The summed E-state index contributed by atoms with van der Waals surface area (Å²) in [5, 5.41) is 7.39. The van der Waals surface area contributed by atoms with Crippen molar-refractivity contribution in [3.63, 3.8) is 0 Å². The number of para-hydroxylation sites is 1. The molecule has 2 aromatic rings. The first-order valence-electron chi connectivity index (χ1n) is 7.97. The average Bonchev–Trinajstić information content (AvgIpc) is 3.23. The highest BCUT2D eigenvalue weighted by atomic mass is 32.2. The van der Waals surface area contributed by atoms with Gasteiger partial charge in [0.25, 0.3) is 0 Å². The van der Waals surface area contributed by atoms with Crippen molar-refractivity contribution in [3.8, 4) is 5.69 Å². The van der Waals surface area contributed by atoms with Crippen LogP contribution in [-0.2, 0) is 4.79 Å². The molecule has 0 atom stereocenters. The molecule has 1 aliphatic heterocycles. The number of amides is 1. The number of hydrogen-bond acceptors (Lipinski definition) is 4. The van der Waals surface area contributed by atoms with E-state index in [0.717, 1.165) is 28.8 Å². The van der Waals surface area contributed by atoms with Crippen LogP contribution in [0.2, 0.25) is 0 Å².